The second-order valence-electron chi connectivity index (χ2n) is 9.98. The molecule has 0 saturated carbocycles. The molecule has 5 heterocycles. The molecule has 4 aromatic rings. The Kier molecular flexibility index (Phi) is 5.24. The van der Waals surface area contributed by atoms with Crippen LogP contribution in [0.1, 0.15) is 86.3 Å². The Morgan fingerprint density at radius 1 is 1.03 bits per heavy atom. The van der Waals surface area contributed by atoms with Crippen LogP contribution in [0.4, 0.5) is 0 Å². The number of hydrogen-bond acceptors (Lipinski definition) is 3. The predicted molar refractivity (Wildman–Crippen MR) is 140 cm³/mol. The first kappa shape index (κ1) is 22.6. The third-order valence-corrected chi connectivity index (χ3v) is 8.36. The normalized spacial score (nSPS) is 23.8. The third kappa shape index (κ3) is 2.75. The van der Waals surface area contributed by atoms with Crippen LogP contribution >= 0.6 is 0 Å². The molecule has 0 radical (unpaired) electrons. The smallest absolute Gasteiger partial charge is 0.252 e. The van der Waals surface area contributed by atoms with Gasteiger partial charge in [0.15, 0.2) is 0 Å². The number of aliphatic hydroxyl groups excluding tert-OH is 1. The van der Waals surface area contributed by atoms with Crippen molar-refractivity contribution in [1.29, 1.82) is 0 Å². The summed E-state index contributed by atoms with van der Waals surface area (Å²) < 4.78 is 12.0. The largest absolute Gasteiger partial charge is 0.400 e. The molecule has 6 nitrogen and oxygen atoms in total. The maximum Gasteiger partial charge on any atom is 0.252 e. The Morgan fingerprint density at radius 2 is 1.80 bits per heavy atom. The lowest BCUT2D eigenvalue weighted by Crippen LogP contribution is -2.38. The first-order valence-corrected chi connectivity index (χ1v) is 13.2. The molecule has 6 heteroatoms. The summed E-state index contributed by atoms with van der Waals surface area (Å²) in [6.07, 6.45) is 7.82. The number of para-hydroxylation sites is 1. The predicted octanol–water partition coefficient (Wildman–Crippen LogP) is 5.89. The van der Waals surface area contributed by atoms with Gasteiger partial charge in [0, 0.05) is 35.5 Å². The number of nitrogens with zero attached hydrogens (tertiary/aromatic N) is 2. The van der Waals surface area contributed by atoms with Crippen LogP contribution in [0.2, 0.25) is 0 Å². The highest BCUT2D eigenvalue weighted by Gasteiger charge is 2.44. The van der Waals surface area contributed by atoms with Crippen LogP contribution in [0.5, 0.6) is 0 Å². The van der Waals surface area contributed by atoms with E-state index < -0.39 is 0 Å². The van der Waals surface area contributed by atoms with Crippen LogP contribution in [0, 0.1) is 0 Å². The SMILES string of the molecule is CC.CC12CCCC(O1)n1c3c(c4c5c(c6c7ccccc7n2c6c41)CNC5=O)CCCC3.CO. The highest BCUT2D eigenvalue weighted by atomic mass is 16.5. The molecule has 1 saturated heterocycles. The average Bonchev–Trinajstić information content (AvgIpc) is 3.54. The van der Waals surface area contributed by atoms with Crippen LogP contribution < -0.4 is 5.32 Å². The Labute approximate surface area is 205 Å². The Morgan fingerprint density at radius 3 is 2.63 bits per heavy atom. The lowest BCUT2D eigenvalue weighted by molar-refractivity contribution is -0.188. The number of carbonyl (C=O) groups excluding carboxylic acids is 1. The molecule has 2 aromatic carbocycles. The van der Waals surface area contributed by atoms with Crippen molar-refractivity contribution in [2.24, 2.45) is 0 Å². The molecule has 2 atom stereocenters. The van der Waals surface area contributed by atoms with E-state index in [2.05, 4.69) is 45.6 Å². The molecule has 0 spiro atoms. The van der Waals surface area contributed by atoms with Crippen molar-refractivity contribution in [3.05, 3.63) is 46.6 Å². The number of fused-ring (bicyclic) bond motifs is 13. The van der Waals surface area contributed by atoms with Gasteiger partial charge >= 0.3 is 0 Å². The number of aromatic nitrogens is 2. The summed E-state index contributed by atoms with van der Waals surface area (Å²) in [5.74, 6) is 0.0959. The van der Waals surface area contributed by atoms with Crippen molar-refractivity contribution >= 4 is 38.6 Å². The minimum absolute atomic E-state index is 0.0486. The maximum atomic E-state index is 13.2. The quantitative estimate of drug-likeness (QED) is 0.335. The van der Waals surface area contributed by atoms with Gasteiger partial charge in [-0.25, -0.2) is 0 Å². The van der Waals surface area contributed by atoms with Gasteiger partial charge in [0.05, 0.1) is 22.1 Å². The van der Waals surface area contributed by atoms with E-state index in [1.165, 1.54) is 62.4 Å². The Hall–Kier alpha value is -2.83. The topological polar surface area (TPSA) is 68.4 Å². The van der Waals surface area contributed by atoms with E-state index in [9.17, 15) is 4.79 Å². The number of aliphatic hydroxyl groups is 1. The van der Waals surface area contributed by atoms with Crippen molar-refractivity contribution in [3.63, 3.8) is 0 Å². The van der Waals surface area contributed by atoms with Crippen LogP contribution in [0.25, 0.3) is 32.7 Å². The number of ether oxygens (including phenoxy) is 1. The molecule has 1 fully saturated rings. The van der Waals surface area contributed by atoms with Gasteiger partial charge in [0.25, 0.3) is 5.91 Å². The lowest BCUT2D eigenvalue weighted by Gasteiger charge is -2.40. The fraction of sp³-hybridized carbons (Fsp3) is 0.483. The maximum absolute atomic E-state index is 13.2. The second kappa shape index (κ2) is 8.10. The van der Waals surface area contributed by atoms with Crippen LogP contribution in [-0.2, 0) is 29.8 Å². The van der Waals surface area contributed by atoms with Crippen molar-refractivity contribution < 1.29 is 14.6 Å². The van der Waals surface area contributed by atoms with Gasteiger partial charge < -0.3 is 24.3 Å². The standard InChI is InChI=1S/C26H25N3O2.C2H6.CH4O/c1-26-12-6-11-19(31-26)28-17-9-4-2-7-14(17)21-22-16(13-27-25(22)30)20-15-8-3-5-10-18(15)29(26)24(20)23(21)28;2*1-2/h3,5,8,10,19H,2,4,6-7,9,11-13H2,1H3,(H,27,30);1-2H3;2H,1H3. The summed E-state index contributed by atoms with van der Waals surface area (Å²) in [6.45, 7) is 6.89. The number of aryl methyl sites for hydroxylation is 1. The van der Waals surface area contributed by atoms with E-state index in [-0.39, 0.29) is 17.9 Å². The summed E-state index contributed by atoms with van der Waals surface area (Å²) >= 11 is 0. The summed E-state index contributed by atoms with van der Waals surface area (Å²) in [7, 11) is 1.00. The Balaban J connectivity index is 0.000000546. The third-order valence-electron chi connectivity index (χ3n) is 8.36. The van der Waals surface area contributed by atoms with Crippen LogP contribution in [-0.4, -0.2) is 27.3 Å². The molecule has 1 aliphatic carbocycles. The van der Waals surface area contributed by atoms with Gasteiger partial charge in [-0.15, -0.1) is 0 Å². The van der Waals surface area contributed by atoms with E-state index in [0.29, 0.717) is 6.54 Å². The molecule has 2 N–H and O–H groups in total. The molecule has 1 amide bonds. The van der Waals surface area contributed by atoms with Crippen molar-refractivity contribution in [2.75, 3.05) is 7.11 Å². The molecular weight excluding hydrogens is 438 g/mol. The highest BCUT2D eigenvalue weighted by molar-refractivity contribution is 6.26. The molecule has 2 bridgehead atoms. The fourth-order valence-electron chi connectivity index (χ4n) is 7.23. The van der Waals surface area contributed by atoms with Crippen LogP contribution in [0.15, 0.2) is 24.3 Å². The molecular formula is C29H35N3O3. The van der Waals surface area contributed by atoms with Gasteiger partial charge in [-0.05, 0) is 69.1 Å². The van der Waals surface area contributed by atoms with Crippen LogP contribution in [0.3, 0.4) is 0 Å². The molecule has 3 aliphatic heterocycles. The van der Waals surface area contributed by atoms with E-state index in [0.717, 1.165) is 44.8 Å². The van der Waals surface area contributed by atoms with Gasteiger partial charge in [-0.2, -0.15) is 0 Å². The van der Waals surface area contributed by atoms with E-state index >= 15 is 0 Å². The number of amides is 1. The lowest BCUT2D eigenvalue weighted by atomic mass is 9.91. The average molecular weight is 474 g/mol. The molecule has 2 unspecified atom stereocenters. The van der Waals surface area contributed by atoms with Gasteiger partial charge in [0.1, 0.15) is 12.0 Å². The summed E-state index contributed by atoms with van der Waals surface area (Å²) in [5.41, 5.74) is 8.34. The number of hydrogen-bond donors (Lipinski definition) is 2. The zero-order valence-electron chi connectivity index (χ0n) is 21.2. The summed E-state index contributed by atoms with van der Waals surface area (Å²) in [6, 6.07) is 8.70. The molecule has 2 aromatic heterocycles. The molecule has 4 aliphatic rings. The monoisotopic (exact) mass is 473 g/mol. The van der Waals surface area contributed by atoms with E-state index in [1.807, 2.05) is 13.8 Å². The van der Waals surface area contributed by atoms with Gasteiger partial charge in [-0.1, -0.05) is 32.0 Å². The van der Waals surface area contributed by atoms with Gasteiger partial charge in [-0.3, -0.25) is 4.79 Å². The van der Waals surface area contributed by atoms with Crippen molar-refractivity contribution in [1.82, 2.24) is 14.5 Å². The number of rotatable bonds is 0. The number of nitrogens with one attached hydrogen (secondary N) is 1. The highest BCUT2D eigenvalue weighted by Crippen LogP contribution is 2.53. The van der Waals surface area contributed by atoms with E-state index in [4.69, 9.17) is 9.84 Å². The summed E-state index contributed by atoms with van der Waals surface area (Å²) in [5, 5.41) is 13.9. The number of benzene rings is 2. The van der Waals surface area contributed by atoms with Crippen molar-refractivity contribution in [2.45, 2.75) is 84.2 Å². The molecule has 8 rings (SSSR count). The van der Waals surface area contributed by atoms with Crippen molar-refractivity contribution in [3.8, 4) is 0 Å². The minimum atomic E-state index is -0.373. The second-order valence-corrected chi connectivity index (χ2v) is 9.98. The zero-order valence-corrected chi connectivity index (χ0v) is 21.2. The molecule has 184 valence electrons. The minimum Gasteiger partial charge on any atom is -0.400 e. The number of carbonyl (C=O) groups is 1. The summed E-state index contributed by atoms with van der Waals surface area (Å²) in [4.78, 5) is 13.2. The van der Waals surface area contributed by atoms with E-state index in [1.54, 1.807) is 0 Å². The fourth-order valence-corrected chi connectivity index (χ4v) is 7.23. The first-order valence-electron chi connectivity index (χ1n) is 13.2. The Bertz CT molecular complexity index is 1490. The molecule has 35 heavy (non-hydrogen) atoms. The first-order chi connectivity index (χ1) is 17.2. The zero-order chi connectivity index (χ0) is 24.5. The van der Waals surface area contributed by atoms with Gasteiger partial charge in [0.2, 0.25) is 0 Å².